The number of benzene rings is 3. The predicted octanol–water partition coefficient (Wildman–Crippen LogP) is 3.63. The molecule has 37 heavy (non-hydrogen) atoms. The van der Waals surface area contributed by atoms with E-state index in [1.165, 1.54) is 0 Å². The Kier molecular flexibility index (Phi) is 6.72. The molecule has 2 amide bonds. The number of nitrogens with zero attached hydrogens (tertiary/aromatic N) is 1. The minimum absolute atomic E-state index is 0.193. The van der Waals surface area contributed by atoms with Gasteiger partial charge in [0.2, 0.25) is 11.8 Å². The first-order valence-electron chi connectivity index (χ1n) is 12.6. The summed E-state index contributed by atoms with van der Waals surface area (Å²) in [4.78, 5) is 32.1. The summed E-state index contributed by atoms with van der Waals surface area (Å²) in [5.74, 6) is -0.268. The van der Waals surface area contributed by atoms with Crippen molar-refractivity contribution in [2.75, 3.05) is 0 Å². The minimum atomic E-state index is -0.809. The summed E-state index contributed by atoms with van der Waals surface area (Å²) >= 11 is 0. The van der Waals surface area contributed by atoms with E-state index in [4.69, 9.17) is 5.73 Å². The predicted molar refractivity (Wildman–Crippen MR) is 144 cm³/mol. The number of hydrogen-bond donors (Lipinski definition) is 4. The van der Waals surface area contributed by atoms with Crippen LogP contribution in [0.5, 0.6) is 5.75 Å². The van der Waals surface area contributed by atoms with Gasteiger partial charge in [0.15, 0.2) is 0 Å². The number of nitrogens with two attached hydrogens (primary N) is 1. The van der Waals surface area contributed by atoms with E-state index in [1.807, 2.05) is 68.4 Å². The van der Waals surface area contributed by atoms with E-state index >= 15 is 0 Å². The number of carbonyl (C=O) groups excluding carboxylic acids is 2. The first-order valence-corrected chi connectivity index (χ1v) is 12.6. The number of aromatic nitrogens is 1. The van der Waals surface area contributed by atoms with E-state index < -0.39 is 12.1 Å². The number of amides is 2. The van der Waals surface area contributed by atoms with E-state index in [0.29, 0.717) is 25.9 Å². The molecule has 0 aliphatic carbocycles. The lowest BCUT2D eigenvalue weighted by molar-refractivity contribution is -0.142. The quantitative estimate of drug-likeness (QED) is 0.327. The molecule has 0 bridgehead atoms. The summed E-state index contributed by atoms with van der Waals surface area (Å²) in [6.07, 6.45) is 0.767. The Hall–Kier alpha value is -4.10. The Morgan fingerprint density at radius 1 is 1.05 bits per heavy atom. The normalized spacial score (nSPS) is 15.9. The second-order valence-corrected chi connectivity index (χ2v) is 9.92. The molecule has 7 heteroatoms. The number of rotatable bonds is 6. The Bertz CT molecular complexity index is 1420. The van der Waals surface area contributed by atoms with Crippen molar-refractivity contribution >= 4 is 22.7 Å². The van der Waals surface area contributed by atoms with Crippen molar-refractivity contribution < 1.29 is 14.7 Å². The number of phenolic OH excluding ortho intramolecular Hbond substituents is 1. The van der Waals surface area contributed by atoms with E-state index in [1.54, 1.807) is 17.0 Å². The fourth-order valence-corrected chi connectivity index (χ4v) is 5.33. The lowest BCUT2D eigenvalue weighted by atomic mass is 9.91. The maximum Gasteiger partial charge on any atom is 0.243 e. The standard InChI is InChI=1S/C30H32N4O3/c1-18-11-24(35)12-19(2)25(18)15-26(31)30(37)34-17-22-9-4-3-7-20(22)14-28(34)29(36)32-16-23-13-21-8-5-6-10-27(21)33-23/h3-13,26,28,33,35H,14-17,31H2,1-2H3,(H,32,36)/t26-,28-/m0/s1. The average Bonchev–Trinajstić information content (AvgIpc) is 3.31. The van der Waals surface area contributed by atoms with Gasteiger partial charge >= 0.3 is 0 Å². The molecule has 0 saturated heterocycles. The molecule has 5 rings (SSSR count). The van der Waals surface area contributed by atoms with Crippen molar-refractivity contribution in [2.24, 2.45) is 5.73 Å². The van der Waals surface area contributed by atoms with Crippen molar-refractivity contribution in [3.8, 4) is 5.75 Å². The molecular weight excluding hydrogens is 464 g/mol. The highest BCUT2D eigenvalue weighted by molar-refractivity contribution is 5.91. The lowest BCUT2D eigenvalue weighted by Gasteiger charge is -2.37. The molecule has 2 heterocycles. The zero-order valence-corrected chi connectivity index (χ0v) is 21.1. The Morgan fingerprint density at radius 2 is 1.73 bits per heavy atom. The summed E-state index contributed by atoms with van der Waals surface area (Å²) in [5.41, 5.74) is 13.2. The van der Waals surface area contributed by atoms with Gasteiger partial charge in [0, 0.05) is 24.2 Å². The van der Waals surface area contributed by atoms with Gasteiger partial charge in [-0.2, -0.15) is 0 Å². The molecule has 190 valence electrons. The van der Waals surface area contributed by atoms with Gasteiger partial charge in [0.25, 0.3) is 0 Å². The van der Waals surface area contributed by atoms with Gasteiger partial charge in [-0.3, -0.25) is 9.59 Å². The first kappa shape index (κ1) is 24.6. The van der Waals surface area contributed by atoms with Crippen LogP contribution in [-0.4, -0.2) is 38.9 Å². The van der Waals surface area contributed by atoms with Crippen molar-refractivity contribution in [3.63, 3.8) is 0 Å². The number of aryl methyl sites for hydroxylation is 2. The highest BCUT2D eigenvalue weighted by atomic mass is 16.3. The van der Waals surface area contributed by atoms with E-state index in [9.17, 15) is 14.7 Å². The summed E-state index contributed by atoms with van der Waals surface area (Å²) in [6, 6.07) is 19.8. The van der Waals surface area contributed by atoms with Gasteiger partial charge in [-0.05, 0) is 77.7 Å². The molecule has 0 unspecified atom stereocenters. The average molecular weight is 497 g/mol. The molecule has 1 aromatic heterocycles. The highest BCUT2D eigenvalue weighted by Crippen LogP contribution is 2.26. The van der Waals surface area contributed by atoms with Crippen molar-refractivity contribution in [1.29, 1.82) is 0 Å². The van der Waals surface area contributed by atoms with Crippen LogP contribution in [-0.2, 0) is 35.5 Å². The Balaban J connectivity index is 1.35. The van der Waals surface area contributed by atoms with Crippen molar-refractivity contribution in [1.82, 2.24) is 15.2 Å². The third kappa shape index (κ3) is 5.08. The van der Waals surface area contributed by atoms with Crippen LogP contribution in [0.15, 0.2) is 66.7 Å². The maximum absolute atomic E-state index is 13.7. The van der Waals surface area contributed by atoms with E-state index in [0.717, 1.165) is 44.4 Å². The number of aromatic hydroxyl groups is 1. The van der Waals surface area contributed by atoms with Gasteiger partial charge in [-0.1, -0.05) is 42.5 Å². The van der Waals surface area contributed by atoms with Crippen LogP contribution in [0.25, 0.3) is 10.9 Å². The monoisotopic (exact) mass is 496 g/mol. The second-order valence-electron chi connectivity index (χ2n) is 9.92. The fourth-order valence-electron chi connectivity index (χ4n) is 5.33. The number of H-pyrrole nitrogens is 1. The SMILES string of the molecule is Cc1cc(O)cc(C)c1C[C@H](N)C(=O)N1Cc2ccccc2C[C@H]1C(=O)NCc1cc2ccccc2[nH]1. The van der Waals surface area contributed by atoms with Gasteiger partial charge in [-0.15, -0.1) is 0 Å². The summed E-state index contributed by atoms with van der Waals surface area (Å²) in [5, 5.41) is 14.0. The molecule has 7 nitrogen and oxygen atoms in total. The van der Waals surface area contributed by atoms with Crippen LogP contribution < -0.4 is 11.1 Å². The van der Waals surface area contributed by atoms with Crippen LogP contribution in [0.3, 0.4) is 0 Å². The number of para-hydroxylation sites is 1. The molecule has 5 N–H and O–H groups in total. The number of nitrogens with one attached hydrogen (secondary N) is 2. The topological polar surface area (TPSA) is 111 Å². The van der Waals surface area contributed by atoms with E-state index in [-0.39, 0.29) is 17.6 Å². The Morgan fingerprint density at radius 3 is 2.46 bits per heavy atom. The van der Waals surface area contributed by atoms with Gasteiger partial charge in [0.1, 0.15) is 11.8 Å². The molecule has 2 atom stereocenters. The van der Waals surface area contributed by atoms with Crippen molar-refractivity contribution in [2.45, 2.75) is 51.9 Å². The summed E-state index contributed by atoms with van der Waals surface area (Å²) in [6.45, 7) is 4.47. The molecule has 1 aliphatic rings. The van der Waals surface area contributed by atoms with Gasteiger partial charge in [-0.25, -0.2) is 0 Å². The van der Waals surface area contributed by atoms with Crippen LogP contribution in [0.4, 0.5) is 0 Å². The molecular formula is C30H32N4O3. The molecule has 3 aromatic carbocycles. The van der Waals surface area contributed by atoms with E-state index in [2.05, 4.69) is 10.3 Å². The largest absolute Gasteiger partial charge is 0.508 e. The molecule has 0 spiro atoms. The zero-order chi connectivity index (χ0) is 26.1. The number of hydrogen-bond acceptors (Lipinski definition) is 4. The summed E-state index contributed by atoms with van der Waals surface area (Å²) in [7, 11) is 0. The number of aromatic amines is 1. The highest BCUT2D eigenvalue weighted by Gasteiger charge is 2.36. The third-order valence-corrected chi connectivity index (χ3v) is 7.30. The molecule has 0 saturated carbocycles. The van der Waals surface area contributed by atoms with Crippen LogP contribution >= 0.6 is 0 Å². The number of fused-ring (bicyclic) bond motifs is 2. The summed E-state index contributed by atoms with van der Waals surface area (Å²) < 4.78 is 0. The fraction of sp³-hybridized carbons (Fsp3) is 0.267. The lowest BCUT2D eigenvalue weighted by Crippen LogP contribution is -2.56. The smallest absolute Gasteiger partial charge is 0.243 e. The minimum Gasteiger partial charge on any atom is -0.508 e. The second kappa shape index (κ2) is 10.1. The molecule has 0 fully saturated rings. The molecule has 0 radical (unpaired) electrons. The van der Waals surface area contributed by atoms with Gasteiger partial charge in [0.05, 0.1) is 12.6 Å². The number of carbonyl (C=O) groups is 2. The van der Waals surface area contributed by atoms with Crippen molar-refractivity contribution in [3.05, 3.63) is 100 Å². The van der Waals surface area contributed by atoms with Gasteiger partial charge < -0.3 is 26.0 Å². The van der Waals surface area contributed by atoms with Crippen LogP contribution in [0.2, 0.25) is 0 Å². The zero-order valence-electron chi connectivity index (χ0n) is 21.1. The molecule has 4 aromatic rings. The number of phenols is 1. The maximum atomic E-state index is 13.7. The van der Waals surface area contributed by atoms with Crippen LogP contribution in [0, 0.1) is 13.8 Å². The third-order valence-electron chi connectivity index (χ3n) is 7.30. The first-order chi connectivity index (χ1) is 17.8. The molecule has 1 aliphatic heterocycles. The van der Waals surface area contributed by atoms with Crippen LogP contribution in [0.1, 0.15) is 33.5 Å². The Labute approximate surface area is 216 Å².